The molecule has 0 unspecified atom stereocenters. The molecule has 25 heavy (non-hydrogen) atoms. The number of alkyl halides is 3. The summed E-state index contributed by atoms with van der Waals surface area (Å²) in [7, 11) is 0. The molecule has 4 rings (SSSR count). The minimum Gasteiger partial charge on any atom is -0.218 e. The van der Waals surface area contributed by atoms with Gasteiger partial charge in [-0.1, -0.05) is 29.8 Å². The highest BCUT2D eigenvalue weighted by Crippen LogP contribution is 2.38. The number of fused-ring (bicyclic) bond motifs is 1. The molecule has 0 spiro atoms. The van der Waals surface area contributed by atoms with Gasteiger partial charge in [0.2, 0.25) is 5.13 Å². The van der Waals surface area contributed by atoms with Crippen LogP contribution in [-0.4, -0.2) is 14.8 Å². The largest absolute Gasteiger partial charge is 0.433 e. The van der Waals surface area contributed by atoms with E-state index in [4.69, 9.17) is 0 Å². The van der Waals surface area contributed by atoms with Gasteiger partial charge < -0.3 is 0 Å². The second kappa shape index (κ2) is 5.98. The molecule has 7 heteroatoms. The third-order valence-corrected chi connectivity index (χ3v) is 5.26. The van der Waals surface area contributed by atoms with Crippen LogP contribution in [0, 0.1) is 6.92 Å². The molecule has 0 N–H and O–H groups in total. The normalized spacial score (nSPS) is 14.6. The zero-order chi connectivity index (χ0) is 17.6. The van der Waals surface area contributed by atoms with Gasteiger partial charge in [-0.15, -0.1) is 11.3 Å². The van der Waals surface area contributed by atoms with E-state index < -0.39 is 11.9 Å². The highest BCUT2D eigenvalue weighted by Gasteiger charge is 2.41. The van der Waals surface area contributed by atoms with E-state index in [-0.39, 0.29) is 5.13 Å². The van der Waals surface area contributed by atoms with Crippen molar-refractivity contribution >= 4 is 11.3 Å². The SMILES string of the molecule is Cc1ccc(-c2csc(-n3nc4c(c3C(F)(F)F)CCCC4)n2)cc1. The summed E-state index contributed by atoms with van der Waals surface area (Å²) in [5, 5.41) is 6.29. The zero-order valence-corrected chi connectivity index (χ0v) is 14.4. The van der Waals surface area contributed by atoms with E-state index in [0.29, 0.717) is 29.8 Å². The van der Waals surface area contributed by atoms with Crippen molar-refractivity contribution in [1.29, 1.82) is 0 Å². The molecular formula is C18H16F3N3S. The third-order valence-electron chi connectivity index (χ3n) is 4.45. The Bertz CT molecular complexity index is 907. The predicted molar refractivity (Wildman–Crippen MR) is 91.1 cm³/mol. The summed E-state index contributed by atoms with van der Waals surface area (Å²) in [6.07, 6.45) is -1.75. The lowest BCUT2D eigenvalue weighted by molar-refractivity contribution is -0.143. The second-order valence-electron chi connectivity index (χ2n) is 6.27. The van der Waals surface area contributed by atoms with Gasteiger partial charge in [-0.2, -0.15) is 18.3 Å². The standard InChI is InChI=1S/C18H16F3N3S/c1-11-6-8-12(9-7-11)15-10-25-17(22-15)24-16(18(19,20)21)13-4-2-3-5-14(13)23-24/h6-10H,2-5H2,1H3. The maximum Gasteiger partial charge on any atom is 0.433 e. The first-order valence-electron chi connectivity index (χ1n) is 8.14. The van der Waals surface area contributed by atoms with Crippen molar-refractivity contribution in [3.63, 3.8) is 0 Å². The lowest BCUT2D eigenvalue weighted by Gasteiger charge is -2.13. The van der Waals surface area contributed by atoms with E-state index in [9.17, 15) is 13.2 Å². The number of thiazole rings is 1. The zero-order valence-electron chi connectivity index (χ0n) is 13.6. The van der Waals surface area contributed by atoms with Gasteiger partial charge in [0.15, 0.2) is 5.69 Å². The van der Waals surface area contributed by atoms with Crippen LogP contribution in [0.4, 0.5) is 13.2 Å². The Labute approximate surface area is 147 Å². The number of hydrogen-bond acceptors (Lipinski definition) is 3. The number of aromatic nitrogens is 3. The van der Waals surface area contributed by atoms with Gasteiger partial charge in [0.05, 0.1) is 11.4 Å². The van der Waals surface area contributed by atoms with E-state index in [0.717, 1.165) is 28.7 Å². The van der Waals surface area contributed by atoms with Gasteiger partial charge in [0.1, 0.15) is 0 Å². The molecule has 3 aromatic rings. The van der Waals surface area contributed by atoms with E-state index in [1.54, 1.807) is 5.38 Å². The molecule has 0 aliphatic heterocycles. The van der Waals surface area contributed by atoms with Crippen LogP contribution in [0.1, 0.15) is 35.4 Å². The van der Waals surface area contributed by atoms with Gasteiger partial charge in [-0.05, 0) is 32.6 Å². The van der Waals surface area contributed by atoms with Gasteiger partial charge in [-0.25, -0.2) is 9.67 Å². The van der Waals surface area contributed by atoms with Crippen LogP contribution in [0.25, 0.3) is 16.4 Å². The summed E-state index contributed by atoms with van der Waals surface area (Å²) < 4.78 is 41.9. The fraction of sp³-hybridized carbons (Fsp3) is 0.333. The third kappa shape index (κ3) is 2.97. The molecule has 2 aromatic heterocycles. The lowest BCUT2D eigenvalue weighted by atomic mass is 9.96. The summed E-state index contributed by atoms with van der Waals surface area (Å²) in [5.41, 5.74) is 2.92. The number of hydrogen-bond donors (Lipinski definition) is 0. The van der Waals surface area contributed by atoms with Crippen molar-refractivity contribution in [3.8, 4) is 16.4 Å². The molecule has 1 aromatic carbocycles. The molecule has 0 radical (unpaired) electrons. The highest BCUT2D eigenvalue weighted by molar-refractivity contribution is 7.12. The molecule has 2 heterocycles. The fourth-order valence-corrected chi connectivity index (χ4v) is 3.99. The summed E-state index contributed by atoms with van der Waals surface area (Å²) in [6, 6.07) is 7.77. The first kappa shape index (κ1) is 16.3. The number of benzene rings is 1. The van der Waals surface area contributed by atoms with Crippen molar-refractivity contribution in [2.45, 2.75) is 38.8 Å². The van der Waals surface area contributed by atoms with Crippen molar-refractivity contribution in [2.24, 2.45) is 0 Å². The minimum absolute atomic E-state index is 0.261. The van der Waals surface area contributed by atoms with Crippen LogP contribution in [0.2, 0.25) is 0 Å². The number of aryl methyl sites for hydroxylation is 2. The van der Waals surface area contributed by atoms with Gasteiger partial charge in [-0.3, -0.25) is 0 Å². The number of nitrogens with zero attached hydrogens (tertiary/aromatic N) is 3. The second-order valence-corrected chi connectivity index (χ2v) is 7.11. The van der Waals surface area contributed by atoms with E-state index in [2.05, 4.69) is 10.1 Å². The van der Waals surface area contributed by atoms with Crippen LogP contribution < -0.4 is 0 Å². The van der Waals surface area contributed by atoms with Gasteiger partial charge in [0, 0.05) is 16.5 Å². The summed E-state index contributed by atoms with van der Waals surface area (Å²) in [6.45, 7) is 1.99. The van der Waals surface area contributed by atoms with Crippen LogP contribution in [-0.2, 0) is 19.0 Å². The Balaban J connectivity index is 1.80. The smallest absolute Gasteiger partial charge is 0.218 e. The van der Waals surface area contributed by atoms with Crippen LogP contribution in [0.5, 0.6) is 0 Å². The van der Waals surface area contributed by atoms with Crippen molar-refractivity contribution < 1.29 is 13.2 Å². The van der Waals surface area contributed by atoms with Crippen LogP contribution in [0.15, 0.2) is 29.6 Å². The number of halogens is 3. The number of rotatable bonds is 2. The maximum atomic E-state index is 13.6. The first-order valence-corrected chi connectivity index (χ1v) is 9.02. The average Bonchev–Trinajstić information content (AvgIpc) is 3.19. The quantitative estimate of drug-likeness (QED) is 0.626. The molecule has 0 amide bonds. The van der Waals surface area contributed by atoms with Crippen LogP contribution in [0.3, 0.4) is 0 Å². The van der Waals surface area contributed by atoms with E-state index in [1.165, 1.54) is 11.3 Å². The predicted octanol–water partition coefficient (Wildman–Crippen LogP) is 5.20. The van der Waals surface area contributed by atoms with Crippen molar-refractivity contribution in [1.82, 2.24) is 14.8 Å². The van der Waals surface area contributed by atoms with Crippen molar-refractivity contribution in [3.05, 3.63) is 52.2 Å². The molecule has 130 valence electrons. The van der Waals surface area contributed by atoms with E-state index in [1.807, 2.05) is 31.2 Å². The first-order chi connectivity index (χ1) is 11.9. The monoisotopic (exact) mass is 363 g/mol. The molecule has 3 nitrogen and oxygen atoms in total. The molecule has 0 atom stereocenters. The Hall–Kier alpha value is -2.15. The Morgan fingerprint density at radius 2 is 1.80 bits per heavy atom. The Morgan fingerprint density at radius 3 is 2.52 bits per heavy atom. The van der Waals surface area contributed by atoms with Gasteiger partial charge >= 0.3 is 6.18 Å². The molecule has 1 aliphatic carbocycles. The minimum atomic E-state index is -4.44. The Kier molecular flexibility index (Phi) is 3.91. The van der Waals surface area contributed by atoms with E-state index >= 15 is 0 Å². The average molecular weight is 363 g/mol. The van der Waals surface area contributed by atoms with Crippen molar-refractivity contribution in [2.75, 3.05) is 0 Å². The Morgan fingerprint density at radius 1 is 1.08 bits per heavy atom. The molecule has 0 bridgehead atoms. The molecule has 0 saturated heterocycles. The van der Waals surface area contributed by atoms with Gasteiger partial charge in [0.25, 0.3) is 0 Å². The molecular weight excluding hydrogens is 347 g/mol. The summed E-state index contributed by atoms with van der Waals surface area (Å²) >= 11 is 1.18. The highest BCUT2D eigenvalue weighted by atomic mass is 32.1. The van der Waals surface area contributed by atoms with Crippen LogP contribution >= 0.6 is 11.3 Å². The molecule has 0 saturated carbocycles. The molecule has 1 aliphatic rings. The summed E-state index contributed by atoms with van der Waals surface area (Å²) in [5.74, 6) is 0. The fourth-order valence-electron chi connectivity index (χ4n) is 3.20. The lowest BCUT2D eigenvalue weighted by Crippen LogP contribution is -2.16. The molecule has 0 fully saturated rings. The summed E-state index contributed by atoms with van der Waals surface area (Å²) in [4.78, 5) is 4.42. The maximum absolute atomic E-state index is 13.6. The topological polar surface area (TPSA) is 30.7 Å².